The molecule has 0 atom stereocenters. The van der Waals surface area contributed by atoms with E-state index < -0.39 is 17.8 Å². The molecule has 102 valence electrons. The average molecular weight is 273 g/mol. The first-order valence-corrected chi connectivity index (χ1v) is 5.16. The molecule has 1 aromatic rings. The van der Waals surface area contributed by atoms with Gasteiger partial charge in [0, 0.05) is 23.7 Å². The Labute approximate surface area is 106 Å². The molecule has 9 heteroatoms. The molecule has 0 fully saturated rings. The molecule has 0 aliphatic heterocycles. The Morgan fingerprint density at radius 1 is 1.32 bits per heavy atom. The summed E-state index contributed by atoms with van der Waals surface area (Å²) in [5, 5.41) is 7.92. The van der Waals surface area contributed by atoms with Crippen molar-refractivity contribution < 1.29 is 18.0 Å². The minimum absolute atomic E-state index is 0.0942. The number of nitrogens with one attached hydrogen (secondary N) is 2. The maximum atomic E-state index is 12.3. The Kier molecular flexibility index (Phi) is 5.01. The highest BCUT2D eigenvalue weighted by Crippen LogP contribution is 2.29. The van der Waals surface area contributed by atoms with Crippen molar-refractivity contribution in [2.75, 3.05) is 18.4 Å². The van der Waals surface area contributed by atoms with E-state index in [1.807, 2.05) is 0 Å². The van der Waals surface area contributed by atoms with Gasteiger partial charge in [-0.1, -0.05) is 5.11 Å². The number of rotatable bonds is 4. The zero-order chi connectivity index (χ0) is 14.3. The van der Waals surface area contributed by atoms with Crippen molar-refractivity contribution >= 4 is 11.7 Å². The molecule has 0 radical (unpaired) electrons. The van der Waals surface area contributed by atoms with Crippen molar-refractivity contribution in [2.45, 2.75) is 6.18 Å². The molecule has 6 nitrogen and oxygen atoms in total. The van der Waals surface area contributed by atoms with Crippen LogP contribution in [0.15, 0.2) is 29.4 Å². The van der Waals surface area contributed by atoms with Crippen LogP contribution in [-0.4, -0.2) is 19.1 Å². The van der Waals surface area contributed by atoms with E-state index in [1.165, 1.54) is 0 Å². The third kappa shape index (κ3) is 5.17. The normalized spacial score (nSPS) is 10.5. The fourth-order valence-electron chi connectivity index (χ4n) is 1.18. The van der Waals surface area contributed by atoms with E-state index in [-0.39, 0.29) is 18.8 Å². The van der Waals surface area contributed by atoms with E-state index in [4.69, 9.17) is 5.53 Å². The number of nitrogens with zero attached hydrogens (tertiary/aromatic N) is 3. The van der Waals surface area contributed by atoms with E-state index >= 15 is 0 Å². The molecule has 0 heterocycles. The lowest BCUT2D eigenvalue weighted by molar-refractivity contribution is -0.137. The smallest absolute Gasteiger partial charge is 0.338 e. The number of hydrogen-bond donors (Lipinski definition) is 2. The van der Waals surface area contributed by atoms with E-state index in [9.17, 15) is 18.0 Å². The third-order valence-electron chi connectivity index (χ3n) is 2.03. The Hall–Kier alpha value is -2.41. The SMILES string of the molecule is [N-]=[N+]=NCCNC(=O)Nc1ccc(C(F)(F)F)cc1. The van der Waals surface area contributed by atoms with Crippen LogP contribution >= 0.6 is 0 Å². The minimum atomic E-state index is -4.41. The van der Waals surface area contributed by atoms with Crippen LogP contribution < -0.4 is 10.6 Å². The van der Waals surface area contributed by atoms with Crippen LogP contribution in [0.4, 0.5) is 23.7 Å². The van der Waals surface area contributed by atoms with Gasteiger partial charge in [-0.2, -0.15) is 13.2 Å². The topological polar surface area (TPSA) is 89.9 Å². The number of amides is 2. The van der Waals surface area contributed by atoms with Crippen LogP contribution in [0.5, 0.6) is 0 Å². The number of hydrogen-bond acceptors (Lipinski definition) is 2. The number of carbonyl (C=O) groups is 1. The lowest BCUT2D eigenvalue weighted by Crippen LogP contribution is -2.30. The molecular weight excluding hydrogens is 263 g/mol. The predicted molar refractivity (Wildman–Crippen MR) is 62.5 cm³/mol. The van der Waals surface area contributed by atoms with Crippen molar-refractivity contribution in [3.8, 4) is 0 Å². The summed E-state index contributed by atoms with van der Waals surface area (Å²) in [7, 11) is 0. The molecule has 19 heavy (non-hydrogen) atoms. The van der Waals surface area contributed by atoms with Crippen LogP contribution in [0.3, 0.4) is 0 Å². The highest BCUT2D eigenvalue weighted by atomic mass is 19.4. The molecule has 0 spiro atoms. The second-order valence-electron chi connectivity index (χ2n) is 3.41. The summed E-state index contributed by atoms with van der Waals surface area (Å²) in [5.41, 5.74) is 7.44. The number of urea groups is 1. The quantitative estimate of drug-likeness (QED) is 0.375. The molecule has 0 saturated heterocycles. The second kappa shape index (κ2) is 6.50. The zero-order valence-electron chi connectivity index (χ0n) is 9.61. The summed E-state index contributed by atoms with van der Waals surface area (Å²) >= 11 is 0. The molecule has 2 N–H and O–H groups in total. The zero-order valence-corrected chi connectivity index (χ0v) is 9.61. The number of azide groups is 1. The Balaban J connectivity index is 2.49. The van der Waals surface area contributed by atoms with E-state index in [2.05, 4.69) is 20.7 Å². The van der Waals surface area contributed by atoms with Crippen LogP contribution in [0, 0.1) is 0 Å². The molecule has 0 saturated carbocycles. The van der Waals surface area contributed by atoms with Crippen LogP contribution in [0.25, 0.3) is 10.4 Å². The molecule has 1 aromatic carbocycles. The van der Waals surface area contributed by atoms with Crippen molar-refractivity contribution in [2.24, 2.45) is 5.11 Å². The van der Waals surface area contributed by atoms with E-state index in [0.29, 0.717) is 0 Å². The summed E-state index contributed by atoms with van der Waals surface area (Å²) < 4.78 is 36.8. The Bertz CT molecular complexity index is 479. The van der Waals surface area contributed by atoms with Crippen molar-refractivity contribution in [3.05, 3.63) is 40.3 Å². The van der Waals surface area contributed by atoms with Gasteiger partial charge in [0.25, 0.3) is 0 Å². The maximum absolute atomic E-state index is 12.3. The number of benzene rings is 1. The predicted octanol–water partition coefficient (Wildman–Crippen LogP) is 3.14. The molecular formula is C10H10F3N5O. The van der Waals surface area contributed by atoms with E-state index in [1.54, 1.807) is 0 Å². The van der Waals surface area contributed by atoms with Crippen LogP contribution in [0.2, 0.25) is 0 Å². The number of halogens is 3. The molecule has 0 bridgehead atoms. The standard InChI is InChI=1S/C10H10F3N5O/c11-10(12,13)7-1-3-8(4-2-7)17-9(19)15-5-6-16-18-14/h1-4H,5-6H2,(H2,15,17,19). The van der Waals surface area contributed by atoms with E-state index in [0.717, 1.165) is 24.3 Å². The van der Waals surface area contributed by atoms with Gasteiger partial charge in [-0.3, -0.25) is 0 Å². The van der Waals surface area contributed by atoms with Crippen molar-refractivity contribution in [3.63, 3.8) is 0 Å². The number of carbonyl (C=O) groups excluding carboxylic acids is 1. The first kappa shape index (κ1) is 14.7. The molecule has 0 aromatic heterocycles. The van der Waals surface area contributed by atoms with Crippen molar-refractivity contribution in [1.82, 2.24) is 5.32 Å². The first-order chi connectivity index (χ1) is 8.93. The lowest BCUT2D eigenvalue weighted by atomic mass is 10.2. The van der Waals surface area contributed by atoms with Crippen molar-refractivity contribution in [1.29, 1.82) is 0 Å². The highest BCUT2D eigenvalue weighted by molar-refractivity contribution is 5.89. The van der Waals surface area contributed by atoms with Gasteiger partial charge in [-0.25, -0.2) is 4.79 Å². The Morgan fingerprint density at radius 3 is 2.47 bits per heavy atom. The number of anilines is 1. The van der Waals surface area contributed by atoms with Gasteiger partial charge < -0.3 is 10.6 Å². The Morgan fingerprint density at radius 2 is 1.95 bits per heavy atom. The van der Waals surface area contributed by atoms with Gasteiger partial charge in [-0.05, 0) is 29.8 Å². The van der Waals surface area contributed by atoms with Crippen LogP contribution in [0.1, 0.15) is 5.56 Å². The summed E-state index contributed by atoms with van der Waals surface area (Å²) in [6, 6.07) is 3.45. The van der Waals surface area contributed by atoms with Gasteiger partial charge in [-0.15, -0.1) is 0 Å². The maximum Gasteiger partial charge on any atom is 0.416 e. The summed E-state index contributed by atoms with van der Waals surface area (Å²) in [6.45, 7) is 0.230. The summed E-state index contributed by atoms with van der Waals surface area (Å²) in [5.74, 6) is 0. The van der Waals surface area contributed by atoms with Gasteiger partial charge in [0.1, 0.15) is 0 Å². The van der Waals surface area contributed by atoms with Crippen LogP contribution in [-0.2, 0) is 6.18 Å². The molecule has 0 unspecified atom stereocenters. The fourth-order valence-corrected chi connectivity index (χ4v) is 1.18. The molecule has 1 rings (SSSR count). The van der Waals surface area contributed by atoms with Gasteiger partial charge in [0.2, 0.25) is 0 Å². The monoisotopic (exact) mass is 273 g/mol. The first-order valence-electron chi connectivity index (χ1n) is 5.16. The lowest BCUT2D eigenvalue weighted by Gasteiger charge is -2.09. The highest BCUT2D eigenvalue weighted by Gasteiger charge is 2.29. The minimum Gasteiger partial charge on any atom is -0.338 e. The fraction of sp³-hybridized carbons (Fsp3) is 0.300. The van der Waals surface area contributed by atoms with Gasteiger partial charge in [0.15, 0.2) is 0 Å². The third-order valence-corrected chi connectivity index (χ3v) is 2.03. The largest absolute Gasteiger partial charge is 0.416 e. The van der Waals surface area contributed by atoms with Gasteiger partial charge in [0.05, 0.1) is 5.56 Å². The molecule has 2 amide bonds. The molecule has 0 aliphatic rings. The summed E-state index contributed by atoms with van der Waals surface area (Å²) in [4.78, 5) is 13.8. The molecule has 0 aliphatic carbocycles. The summed E-state index contributed by atoms with van der Waals surface area (Å²) in [6.07, 6.45) is -4.41. The van der Waals surface area contributed by atoms with Gasteiger partial charge >= 0.3 is 12.2 Å². The average Bonchev–Trinajstić information content (AvgIpc) is 2.34. The second-order valence-corrected chi connectivity index (χ2v) is 3.41. The number of alkyl halides is 3.